The van der Waals surface area contributed by atoms with Gasteiger partial charge in [-0.3, -0.25) is 19.0 Å². The van der Waals surface area contributed by atoms with E-state index in [1.807, 2.05) is 44.2 Å². The number of rotatable bonds is 9. The summed E-state index contributed by atoms with van der Waals surface area (Å²) < 4.78 is 1.76. The lowest BCUT2D eigenvalue weighted by Gasteiger charge is -2.16. The van der Waals surface area contributed by atoms with Gasteiger partial charge in [0.05, 0.1) is 18.8 Å². The van der Waals surface area contributed by atoms with E-state index in [2.05, 4.69) is 25.8 Å². The fourth-order valence-corrected chi connectivity index (χ4v) is 4.48. The van der Waals surface area contributed by atoms with E-state index in [-0.39, 0.29) is 30.0 Å². The number of likely N-dealkylation sites (tertiary alicyclic amines) is 1. The van der Waals surface area contributed by atoms with Crippen LogP contribution in [0.1, 0.15) is 29.8 Å². The minimum absolute atomic E-state index is 0.0460. The van der Waals surface area contributed by atoms with Crippen molar-refractivity contribution in [3.05, 3.63) is 59.5 Å². The van der Waals surface area contributed by atoms with E-state index in [0.717, 1.165) is 23.2 Å². The molecule has 0 radical (unpaired) electrons. The highest BCUT2D eigenvalue weighted by Gasteiger charge is 2.24. The number of nitrogens with zero attached hydrogens (tertiary/aromatic N) is 5. The Bertz CT molecular complexity index is 1230. The second kappa shape index (κ2) is 11.1. The zero-order valence-electron chi connectivity index (χ0n) is 19.7. The molecule has 1 fully saturated rings. The number of carbonyl (C=O) groups is 3. The van der Waals surface area contributed by atoms with Crippen LogP contribution in [0.3, 0.4) is 0 Å². The summed E-state index contributed by atoms with van der Waals surface area (Å²) in [5.41, 5.74) is 2.79. The number of hydrogen-bond donors (Lipinski definition) is 2. The zero-order chi connectivity index (χ0) is 24.8. The molecule has 1 aliphatic heterocycles. The molecule has 2 aromatic heterocycles. The van der Waals surface area contributed by atoms with E-state index in [4.69, 9.17) is 0 Å². The van der Waals surface area contributed by atoms with Crippen LogP contribution in [0, 0.1) is 13.8 Å². The Labute approximate surface area is 207 Å². The topological polar surface area (TPSA) is 122 Å². The summed E-state index contributed by atoms with van der Waals surface area (Å²) >= 11 is 1.19. The first-order valence-electron chi connectivity index (χ1n) is 11.3. The van der Waals surface area contributed by atoms with Gasteiger partial charge in [0.1, 0.15) is 5.82 Å². The Morgan fingerprint density at radius 3 is 2.69 bits per heavy atom. The molecule has 11 heteroatoms. The van der Waals surface area contributed by atoms with Crippen molar-refractivity contribution < 1.29 is 14.4 Å². The zero-order valence-corrected chi connectivity index (χ0v) is 20.5. The van der Waals surface area contributed by atoms with E-state index in [9.17, 15) is 14.4 Å². The molecule has 0 aliphatic carbocycles. The summed E-state index contributed by atoms with van der Waals surface area (Å²) in [5, 5.41) is 14.5. The fraction of sp³-hybridized carbons (Fsp3) is 0.333. The number of pyridine rings is 1. The molecular formula is C24H27N7O3S. The first kappa shape index (κ1) is 24.4. The van der Waals surface area contributed by atoms with Crippen LogP contribution in [-0.2, 0) is 20.9 Å². The Morgan fingerprint density at radius 1 is 1.09 bits per heavy atom. The monoisotopic (exact) mass is 493 g/mol. The summed E-state index contributed by atoms with van der Waals surface area (Å²) in [6.45, 7) is 4.78. The molecule has 0 atom stereocenters. The van der Waals surface area contributed by atoms with E-state index < -0.39 is 0 Å². The second-order valence-corrected chi connectivity index (χ2v) is 9.14. The number of hydrogen-bond acceptors (Lipinski definition) is 7. The number of anilines is 1. The van der Waals surface area contributed by atoms with Gasteiger partial charge in [0.15, 0.2) is 11.0 Å². The lowest BCUT2D eigenvalue weighted by molar-refractivity contribution is -0.128. The summed E-state index contributed by atoms with van der Waals surface area (Å²) in [6, 6.07) is 11.2. The van der Waals surface area contributed by atoms with Crippen molar-refractivity contribution in [1.82, 2.24) is 30.0 Å². The van der Waals surface area contributed by atoms with Gasteiger partial charge in [0, 0.05) is 24.8 Å². The first-order chi connectivity index (χ1) is 16.9. The van der Waals surface area contributed by atoms with Gasteiger partial charge >= 0.3 is 0 Å². The Morgan fingerprint density at radius 2 is 1.94 bits per heavy atom. The van der Waals surface area contributed by atoms with Crippen molar-refractivity contribution in [3.8, 4) is 5.82 Å². The van der Waals surface area contributed by atoms with Crippen LogP contribution in [0.5, 0.6) is 0 Å². The third-order valence-electron chi connectivity index (χ3n) is 5.74. The van der Waals surface area contributed by atoms with Gasteiger partial charge in [-0.05, 0) is 49.6 Å². The van der Waals surface area contributed by atoms with Gasteiger partial charge < -0.3 is 15.5 Å². The van der Waals surface area contributed by atoms with Crippen molar-refractivity contribution in [3.63, 3.8) is 0 Å². The molecule has 3 heterocycles. The lowest BCUT2D eigenvalue weighted by Crippen LogP contribution is -2.34. The van der Waals surface area contributed by atoms with Crippen LogP contribution in [0.25, 0.3) is 5.82 Å². The summed E-state index contributed by atoms with van der Waals surface area (Å²) in [4.78, 5) is 42.9. The van der Waals surface area contributed by atoms with Gasteiger partial charge in [-0.2, -0.15) is 0 Å². The summed E-state index contributed by atoms with van der Waals surface area (Å²) in [5.74, 6) is 0.715. The van der Waals surface area contributed by atoms with Gasteiger partial charge in [0.25, 0.3) is 0 Å². The molecule has 3 aromatic rings. The van der Waals surface area contributed by atoms with Crippen molar-refractivity contribution in [1.29, 1.82) is 0 Å². The van der Waals surface area contributed by atoms with E-state index in [1.54, 1.807) is 21.7 Å². The normalized spacial score (nSPS) is 13.2. The number of amides is 3. The third kappa shape index (κ3) is 6.04. The predicted octanol–water partition coefficient (Wildman–Crippen LogP) is 2.25. The van der Waals surface area contributed by atoms with Gasteiger partial charge in [-0.1, -0.05) is 30.0 Å². The molecule has 1 aliphatic rings. The number of benzene rings is 1. The van der Waals surface area contributed by atoms with Gasteiger partial charge in [-0.25, -0.2) is 4.98 Å². The minimum Gasteiger partial charge on any atom is -0.346 e. The van der Waals surface area contributed by atoms with Crippen molar-refractivity contribution in [2.75, 3.05) is 24.2 Å². The van der Waals surface area contributed by atoms with Gasteiger partial charge in [0.2, 0.25) is 17.7 Å². The summed E-state index contributed by atoms with van der Waals surface area (Å²) in [7, 11) is 0. The molecule has 1 saturated heterocycles. The van der Waals surface area contributed by atoms with Crippen molar-refractivity contribution >= 4 is 35.2 Å². The van der Waals surface area contributed by atoms with Crippen LogP contribution in [0.15, 0.2) is 47.8 Å². The highest BCUT2D eigenvalue weighted by molar-refractivity contribution is 7.99. The SMILES string of the molecule is Cc1cccc(NC(=O)CNC(=O)CSc2nnc(CN3CCCC3=O)n2-c2ccccn2)c1C. The van der Waals surface area contributed by atoms with Crippen LogP contribution >= 0.6 is 11.8 Å². The van der Waals surface area contributed by atoms with Gasteiger partial charge in [-0.15, -0.1) is 10.2 Å². The summed E-state index contributed by atoms with van der Waals surface area (Å²) in [6.07, 6.45) is 3.03. The highest BCUT2D eigenvalue weighted by Crippen LogP contribution is 2.23. The van der Waals surface area contributed by atoms with Crippen LogP contribution in [0.2, 0.25) is 0 Å². The van der Waals surface area contributed by atoms with Crippen LogP contribution < -0.4 is 10.6 Å². The Kier molecular flexibility index (Phi) is 7.76. The van der Waals surface area contributed by atoms with Crippen LogP contribution in [0.4, 0.5) is 5.69 Å². The predicted molar refractivity (Wildman–Crippen MR) is 132 cm³/mol. The first-order valence-corrected chi connectivity index (χ1v) is 12.3. The van der Waals surface area contributed by atoms with Crippen molar-refractivity contribution in [2.45, 2.75) is 38.4 Å². The fourth-order valence-electron chi connectivity index (χ4n) is 3.70. The molecule has 0 unspecified atom stereocenters. The number of nitrogens with one attached hydrogen (secondary N) is 2. The number of aryl methyl sites for hydroxylation is 1. The average molecular weight is 494 g/mol. The van der Waals surface area contributed by atoms with Crippen molar-refractivity contribution in [2.24, 2.45) is 0 Å². The molecule has 35 heavy (non-hydrogen) atoms. The molecule has 0 bridgehead atoms. The quantitative estimate of drug-likeness (QED) is 0.439. The second-order valence-electron chi connectivity index (χ2n) is 8.20. The number of aromatic nitrogens is 4. The molecule has 0 saturated carbocycles. The number of carbonyl (C=O) groups excluding carboxylic acids is 3. The standard InChI is InChI=1S/C24H27N7O3S/c1-16-7-5-8-18(17(16)2)27-21(32)13-26-22(33)15-35-24-29-28-20(14-30-12-6-10-23(30)34)31(24)19-9-3-4-11-25-19/h3-5,7-9,11H,6,10,12-15H2,1-2H3,(H,26,33)(H,27,32). The minimum atomic E-state index is -0.307. The molecule has 4 rings (SSSR count). The van der Waals surface area contributed by atoms with Crippen LogP contribution in [-0.4, -0.2) is 61.2 Å². The maximum atomic E-state index is 12.4. The Balaban J connectivity index is 1.37. The molecule has 182 valence electrons. The molecule has 3 amide bonds. The number of thioether (sulfide) groups is 1. The third-order valence-corrected chi connectivity index (χ3v) is 6.67. The Hall–Kier alpha value is -3.73. The van der Waals surface area contributed by atoms with E-state index in [0.29, 0.717) is 36.3 Å². The molecule has 1 aromatic carbocycles. The molecule has 2 N–H and O–H groups in total. The molecule has 0 spiro atoms. The maximum absolute atomic E-state index is 12.4. The lowest BCUT2D eigenvalue weighted by atomic mass is 10.1. The largest absolute Gasteiger partial charge is 0.346 e. The molecular weight excluding hydrogens is 466 g/mol. The molecule has 10 nitrogen and oxygen atoms in total. The van der Waals surface area contributed by atoms with E-state index in [1.165, 1.54) is 11.8 Å². The highest BCUT2D eigenvalue weighted by atomic mass is 32.2. The smallest absolute Gasteiger partial charge is 0.243 e. The maximum Gasteiger partial charge on any atom is 0.243 e. The average Bonchev–Trinajstić information content (AvgIpc) is 3.45. The van der Waals surface area contributed by atoms with E-state index >= 15 is 0 Å².